The van der Waals surface area contributed by atoms with Crippen molar-refractivity contribution in [1.82, 2.24) is 0 Å². The predicted octanol–water partition coefficient (Wildman–Crippen LogP) is 4.72. The summed E-state index contributed by atoms with van der Waals surface area (Å²) in [5, 5.41) is 6.93. The third-order valence-electron chi connectivity index (χ3n) is 7.81. The van der Waals surface area contributed by atoms with Gasteiger partial charge in [0.05, 0.1) is 106 Å². The molecule has 286 valence electrons. The number of benzene rings is 4. The van der Waals surface area contributed by atoms with Gasteiger partial charge in [0, 0.05) is 11.1 Å². The standard InChI is InChI=1S/C44H50O10/c1-3-17-45-21-25-49-29-33-53-35-31-51-27-23-47-19-5-7-37-9-11-39-14-16-42-38(10-12-40-13-15-41(37)43(39)44(40)42)8-6-20-48-24-28-52-32-36-54-34-30-50-26-22-46-18-4-2/h1-2,9-16H,17-36H2. The summed E-state index contributed by atoms with van der Waals surface area (Å²) in [5.74, 6) is 17.8. The van der Waals surface area contributed by atoms with Crippen molar-refractivity contribution >= 4 is 32.3 Å². The van der Waals surface area contributed by atoms with Crippen molar-refractivity contribution in [2.45, 2.75) is 0 Å². The number of terminal acetylenes is 2. The van der Waals surface area contributed by atoms with Gasteiger partial charge in [-0.05, 0) is 44.5 Å². The minimum atomic E-state index is 0.300. The lowest BCUT2D eigenvalue weighted by Gasteiger charge is -2.13. The minimum absolute atomic E-state index is 0.300. The molecule has 0 aliphatic heterocycles. The van der Waals surface area contributed by atoms with Crippen molar-refractivity contribution in [2.75, 3.05) is 132 Å². The van der Waals surface area contributed by atoms with E-state index in [4.69, 9.17) is 60.2 Å². The second kappa shape index (κ2) is 27.4. The van der Waals surface area contributed by atoms with Crippen LogP contribution in [0, 0.1) is 48.4 Å². The van der Waals surface area contributed by atoms with Gasteiger partial charge in [-0.25, -0.2) is 0 Å². The first-order valence-corrected chi connectivity index (χ1v) is 18.2. The molecule has 4 aromatic rings. The molecule has 4 rings (SSSR count). The molecule has 0 fully saturated rings. The second-order valence-electron chi connectivity index (χ2n) is 11.5. The summed E-state index contributed by atoms with van der Waals surface area (Å²) in [6, 6.07) is 17.0. The van der Waals surface area contributed by atoms with Gasteiger partial charge in [-0.15, -0.1) is 12.8 Å². The number of hydrogen-bond donors (Lipinski definition) is 0. The van der Waals surface area contributed by atoms with Gasteiger partial charge in [-0.1, -0.05) is 71.9 Å². The third-order valence-corrected chi connectivity index (χ3v) is 7.81. The molecule has 0 aliphatic carbocycles. The average Bonchev–Trinajstić information content (AvgIpc) is 3.20. The molecule has 0 saturated carbocycles. The summed E-state index contributed by atoms with van der Waals surface area (Å²) >= 11 is 0. The Bertz CT molecular complexity index is 1720. The van der Waals surface area contributed by atoms with Gasteiger partial charge in [0.15, 0.2) is 0 Å². The molecular weight excluding hydrogens is 688 g/mol. The van der Waals surface area contributed by atoms with Crippen LogP contribution in [0.2, 0.25) is 0 Å². The molecule has 0 N–H and O–H groups in total. The van der Waals surface area contributed by atoms with Crippen LogP contribution in [0.25, 0.3) is 32.3 Å². The topological polar surface area (TPSA) is 92.3 Å². The monoisotopic (exact) mass is 738 g/mol. The predicted molar refractivity (Wildman–Crippen MR) is 210 cm³/mol. The molecule has 0 atom stereocenters. The Morgan fingerprint density at radius 3 is 0.926 bits per heavy atom. The Morgan fingerprint density at radius 2 is 0.611 bits per heavy atom. The number of hydrogen-bond acceptors (Lipinski definition) is 10. The van der Waals surface area contributed by atoms with E-state index in [0.717, 1.165) is 21.9 Å². The van der Waals surface area contributed by atoms with E-state index in [1.54, 1.807) is 0 Å². The third kappa shape index (κ3) is 15.6. The molecule has 0 saturated heterocycles. The van der Waals surface area contributed by atoms with Crippen LogP contribution in [0.5, 0.6) is 0 Å². The molecule has 10 heteroatoms. The molecule has 0 aliphatic rings. The fourth-order valence-electron chi connectivity index (χ4n) is 5.35. The summed E-state index contributed by atoms with van der Waals surface area (Å²) in [4.78, 5) is 0. The fourth-order valence-corrected chi connectivity index (χ4v) is 5.35. The maximum atomic E-state index is 5.67. The Morgan fingerprint density at radius 1 is 0.333 bits per heavy atom. The Hall–Kier alpha value is -4.24. The summed E-state index contributed by atoms with van der Waals surface area (Å²) in [7, 11) is 0. The molecule has 10 nitrogen and oxygen atoms in total. The largest absolute Gasteiger partial charge is 0.377 e. The maximum absolute atomic E-state index is 5.67. The summed E-state index contributed by atoms with van der Waals surface area (Å²) in [6.45, 7) is 8.99. The van der Waals surface area contributed by atoms with Gasteiger partial charge >= 0.3 is 0 Å². The van der Waals surface area contributed by atoms with Crippen molar-refractivity contribution < 1.29 is 47.4 Å². The maximum Gasteiger partial charge on any atom is 0.108 e. The zero-order chi connectivity index (χ0) is 37.7. The molecule has 4 aromatic carbocycles. The van der Waals surface area contributed by atoms with E-state index in [1.807, 2.05) is 0 Å². The van der Waals surface area contributed by atoms with Crippen molar-refractivity contribution in [2.24, 2.45) is 0 Å². The van der Waals surface area contributed by atoms with Crippen molar-refractivity contribution in [3.05, 3.63) is 59.7 Å². The zero-order valence-electron chi connectivity index (χ0n) is 31.0. The average molecular weight is 739 g/mol. The van der Waals surface area contributed by atoms with Crippen LogP contribution in [0.4, 0.5) is 0 Å². The first kappa shape index (κ1) is 42.5. The van der Waals surface area contributed by atoms with Crippen molar-refractivity contribution in [3.63, 3.8) is 0 Å². The highest BCUT2D eigenvalue weighted by Crippen LogP contribution is 2.37. The molecule has 0 spiro atoms. The molecule has 0 radical (unpaired) electrons. The van der Waals surface area contributed by atoms with Gasteiger partial charge in [-0.2, -0.15) is 0 Å². The van der Waals surface area contributed by atoms with Crippen LogP contribution in [0.3, 0.4) is 0 Å². The fraction of sp³-hybridized carbons (Fsp3) is 0.455. The summed E-state index contributed by atoms with van der Waals surface area (Å²) in [6.07, 6.45) is 10.2. The first-order valence-electron chi connectivity index (χ1n) is 18.2. The molecule has 54 heavy (non-hydrogen) atoms. The van der Waals surface area contributed by atoms with Crippen molar-refractivity contribution in [1.29, 1.82) is 0 Å². The van der Waals surface area contributed by atoms with Crippen LogP contribution >= 0.6 is 0 Å². The zero-order valence-corrected chi connectivity index (χ0v) is 31.0. The molecular formula is C44H50O10. The van der Waals surface area contributed by atoms with E-state index >= 15 is 0 Å². The van der Waals surface area contributed by atoms with E-state index in [0.29, 0.717) is 132 Å². The highest BCUT2D eigenvalue weighted by Gasteiger charge is 2.12. The minimum Gasteiger partial charge on any atom is -0.377 e. The van der Waals surface area contributed by atoms with E-state index in [-0.39, 0.29) is 0 Å². The lowest BCUT2D eigenvalue weighted by molar-refractivity contribution is -0.00704. The quantitative estimate of drug-likeness (QED) is 0.0464. The smallest absolute Gasteiger partial charge is 0.108 e. The van der Waals surface area contributed by atoms with Crippen LogP contribution < -0.4 is 0 Å². The first-order chi connectivity index (χ1) is 26.8. The Balaban J connectivity index is 1.13. The van der Waals surface area contributed by atoms with E-state index in [2.05, 4.69) is 84.1 Å². The molecule has 0 amide bonds. The van der Waals surface area contributed by atoms with Gasteiger partial charge < -0.3 is 47.4 Å². The molecule has 0 heterocycles. The summed E-state index contributed by atoms with van der Waals surface area (Å²) in [5.41, 5.74) is 1.92. The van der Waals surface area contributed by atoms with Crippen LogP contribution in [0.15, 0.2) is 48.5 Å². The Labute approximate surface area is 319 Å². The second-order valence-corrected chi connectivity index (χ2v) is 11.5. The lowest BCUT2D eigenvalue weighted by Crippen LogP contribution is -2.13. The number of ether oxygens (including phenoxy) is 10. The van der Waals surface area contributed by atoms with Gasteiger partial charge in [0.2, 0.25) is 0 Å². The SMILES string of the molecule is C#CCOCCOCCOCCOCCOCC#Cc1ccc2ccc3c(C#CCOCCOCCOCCOCCOCC#C)ccc4ccc1c2c43. The summed E-state index contributed by atoms with van der Waals surface area (Å²) < 4.78 is 54.5. The number of rotatable bonds is 28. The van der Waals surface area contributed by atoms with Gasteiger partial charge in [0.1, 0.15) is 26.4 Å². The lowest BCUT2D eigenvalue weighted by atomic mass is 9.90. The van der Waals surface area contributed by atoms with Gasteiger partial charge in [-0.3, -0.25) is 0 Å². The van der Waals surface area contributed by atoms with Crippen LogP contribution in [-0.4, -0.2) is 132 Å². The van der Waals surface area contributed by atoms with Gasteiger partial charge in [0.25, 0.3) is 0 Å². The molecule has 0 unspecified atom stereocenters. The van der Waals surface area contributed by atoms with Crippen molar-refractivity contribution in [3.8, 4) is 48.4 Å². The Kier molecular flexibility index (Phi) is 21.5. The highest BCUT2D eigenvalue weighted by molar-refractivity contribution is 6.24. The molecule has 0 bridgehead atoms. The van der Waals surface area contributed by atoms with Crippen LogP contribution in [-0.2, 0) is 47.4 Å². The highest BCUT2D eigenvalue weighted by atomic mass is 16.6. The van der Waals surface area contributed by atoms with E-state index in [9.17, 15) is 0 Å². The van der Waals surface area contributed by atoms with Crippen LogP contribution in [0.1, 0.15) is 11.1 Å². The normalized spacial score (nSPS) is 11.0. The van der Waals surface area contributed by atoms with E-state index in [1.165, 1.54) is 21.5 Å². The molecule has 0 aromatic heterocycles. The van der Waals surface area contributed by atoms with E-state index < -0.39 is 0 Å².